The van der Waals surface area contributed by atoms with Crippen molar-refractivity contribution in [3.05, 3.63) is 29.8 Å². The Bertz CT molecular complexity index is 485. The summed E-state index contributed by atoms with van der Waals surface area (Å²) in [6.07, 6.45) is 1.70. The maximum absolute atomic E-state index is 12.1. The van der Waals surface area contributed by atoms with Gasteiger partial charge < -0.3 is 14.7 Å². The van der Waals surface area contributed by atoms with Crippen molar-refractivity contribution in [2.24, 2.45) is 11.8 Å². The Morgan fingerprint density at radius 1 is 1.30 bits per heavy atom. The lowest BCUT2D eigenvalue weighted by atomic mass is 10.00. The lowest BCUT2D eigenvalue weighted by Crippen LogP contribution is -2.34. The molecule has 3 atom stereocenters. The van der Waals surface area contributed by atoms with Crippen LogP contribution in [0, 0.1) is 18.8 Å². The summed E-state index contributed by atoms with van der Waals surface area (Å²) in [5.41, 5.74) is 1.17. The van der Waals surface area contributed by atoms with Crippen LogP contribution in [0.1, 0.15) is 18.4 Å². The van der Waals surface area contributed by atoms with Crippen LogP contribution in [-0.2, 0) is 4.79 Å². The molecule has 3 unspecified atom stereocenters. The lowest BCUT2D eigenvalue weighted by molar-refractivity contribution is -0.132. The first-order valence-electron chi connectivity index (χ1n) is 7.29. The van der Waals surface area contributed by atoms with Crippen LogP contribution in [0.3, 0.4) is 0 Å². The Morgan fingerprint density at radius 3 is 2.75 bits per heavy atom. The van der Waals surface area contributed by atoms with Gasteiger partial charge in [-0.15, -0.1) is 0 Å². The van der Waals surface area contributed by atoms with Crippen LogP contribution in [0.4, 0.5) is 0 Å². The van der Waals surface area contributed by atoms with Crippen molar-refractivity contribution in [2.75, 3.05) is 19.7 Å². The molecule has 4 nitrogen and oxygen atoms in total. The van der Waals surface area contributed by atoms with E-state index in [-0.39, 0.29) is 24.5 Å². The monoisotopic (exact) mass is 275 g/mol. The molecule has 0 aromatic heterocycles. The molecule has 4 heteroatoms. The van der Waals surface area contributed by atoms with Crippen LogP contribution < -0.4 is 4.74 Å². The Balaban J connectivity index is 1.52. The minimum absolute atomic E-state index is 0.0205. The van der Waals surface area contributed by atoms with Crippen molar-refractivity contribution < 1.29 is 14.6 Å². The van der Waals surface area contributed by atoms with Gasteiger partial charge in [-0.3, -0.25) is 4.79 Å². The molecule has 0 spiro atoms. The number of amides is 1. The van der Waals surface area contributed by atoms with Crippen LogP contribution in [0.15, 0.2) is 24.3 Å². The maximum Gasteiger partial charge on any atom is 0.260 e. The van der Waals surface area contributed by atoms with E-state index in [2.05, 4.69) is 0 Å². The molecule has 1 amide bonds. The van der Waals surface area contributed by atoms with Gasteiger partial charge in [-0.2, -0.15) is 0 Å². The number of benzene rings is 1. The standard InChI is InChI=1S/C16H21NO3/c1-11-2-5-13(6-3-11)20-10-16(19)17-8-12-4-7-15(18)14(12)9-17/h2-3,5-6,12,14-15,18H,4,7-10H2,1H3. The molecule has 20 heavy (non-hydrogen) atoms. The predicted molar refractivity (Wildman–Crippen MR) is 75.5 cm³/mol. The van der Waals surface area contributed by atoms with Gasteiger partial charge in [-0.1, -0.05) is 17.7 Å². The smallest absolute Gasteiger partial charge is 0.260 e. The third kappa shape index (κ3) is 2.66. The number of fused-ring (bicyclic) bond motifs is 1. The Morgan fingerprint density at radius 2 is 2.05 bits per heavy atom. The third-order valence-electron chi connectivity index (χ3n) is 4.56. The number of likely N-dealkylation sites (tertiary alicyclic amines) is 1. The first-order chi connectivity index (χ1) is 9.63. The van der Waals surface area contributed by atoms with Gasteiger partial charge in [0, 0.05) is 19.0 Å². The van der Waals surface area contributed by atoms with E-state index in [0.717, 1.165) is 25.1 Å². The number of nitrogens with zero attached hydrogens (tertiary/aromatic N) is 1. The summed E-state index contributed by atoms with van der Waals surface area (Å²) in [5.74, 6) is 1.50. The molecule has 2 aliphatic rings. The molecular formula is C16H21NO3. The molecule has 1 aliphatic carbocycles. The molecule has 1 aromatic rings. The summed E-state index contributed by atoms with van der Waals surface area (Å²) in [7, 11) is 0. The second-order valence-corrected chi connectivity index (χ2v) is 5.97. The zero-order valence-corrected chi connectivity index (χ0v) is 11.8. The second kappa shape index (κ2) is 5.44. The Kier molecular flexibility index (Phi) is 3.66. The summed E-state index contributed by atoms with van der Waals surface area (Å²) in [6, 6.07) is 7.70. The number of hydrogen-bond donors (Lipinski definition) is 1. The predicted octanol–water partition coefficient (Wildman–Crippen LogP) is 1.60. The number of aliphatic hydroxyl groups is 1. The summed E-state index contributed by atoms with van der Waals surface area (Å²) in [5, 5.41) is 9.86. The topological polar surface area (TPSA) is 49.8 Å². The zero-order chi connectivity index (χ0) is 14.1. The van der Waals surface area contributed by atoms with E-state index >= 15 is 0 Å². The van der Waals surface area contributed by atoms with Crippen molar-refractivity contribution in [1.29, 1.82) is 0 Å². The van der Waals surface area contributed by atoms with Crippen LogP contribution in [0.5, 0.6) is 5.75 Å². The number of aryl methyl sites for hydroxylation is 1. The van der Waals surface area contributed by atoms with Gasteiger partial charge in [0.25, 0.3) is 5.91 Å². The van der Waals surface area contributed by atoms with Crippen molar-refractivity contribution >= 4 is 5.91 Å². The highest BCUT2D eigenvalue weighted by Gasteiger charge is 2.43. The molecule has 0 bridgehead atoms. The van der Waals surface area contributed by atoms with Gasteiger partial charge in [0.2, 0.25) is 0 Å². The average molecular weight is 275 g/mol. The van der Waals surface area contributed by atoms with E-state index in [1.54, 1.807) is 0 Å². The van der Waals surface area contributed by atoms with E-state index in [1.165, 1.54) is 5.56 Å². The van der Waals surface area contributed by atoms with E-state index in [4.69, 9.17) is 4.74 Å². The highest BCUT2D eigenvalue weighted by molar-refractivity contribution is 5.78. The van der Waals surface area contributed by atoms with Crippen molar-refractivity contribution in [3.63, 3.8) is 0 Å². The van der Waals surface area contributed by atoms with Crippen LogP contribution in [0.2, 0.25) is 0 Å². The van der Waals surface area contributed by atoms with Crippen LogP contribution in [-0.4, -0.2) is 41.7 Å². The fourth-order valence-corrected chi connectivity index (χ4v) is 3.31. The molecule has 1 saturated heterocycles. The van der Waals surface area contributed by atoms with Crippen molar-refractivity contribution in [3.8, 4) is 5.75 Å². The van der Waals surface area contributed by atoms with Gasteiger partial charge in [-0.25, -0.2) is 0 Å². The number of hydrogen-bond acceptors (Lipinski definition) is 3. The lowest BCUT2D eigenvalue weighted by Gasteiger charge is -2.18. The minimum atomic E-state index is -0.226. The fourth-order valence-electron chi connectivity index (χ4n) is 3.31. The molecule has 1 N–H and O–H groups in total. The van der Waals surface area contributed by atoms with Crippen LogP contribution in [0.25, 0.3) is 0 Å². The molecular weight excluding hydrogens is 254 g/mol. The fraction of sp³-hybridized carbons (Fsp3) is 0.562. The summed E-state index contributed by atoms with van der Waals surface area (Å²) in [4.78, 5) is 14.0. The quantitative estimate of drug-likeness (QED) is 0.911. The van der Waals surface area contributed by atoms with E-state index in [9.17, 15) is 9.90 Å². The van der Waals surface area contributed by atoms with Gasteiger partial charge in [0.05, 0.1) is 6.10 Å². The van der Waals surface area contributed by atoms with Gasteiger partial charge in [0.1, 0.15) is 5.75 Å². The third-order valence-corrected chi connectivity index (χ3v) is 4.56. The van der Waals surface area contributed by atoms with Gasteiger partial charge >= 0.3 is 0 Å². The second-order valence-electron chi connectivity index (χ2n) is 5.97. The van der Waals surface area contributed by atoms with E-state index in [0.29, 0.717) is 12.5 Å². The Hall–Kier alpha value is -1.55. The van der Waals surface area contributed by atoms with Gasteiger partial charge in [-0.05, 0) is 37.8 Å². The summed E-state index contributed by atoms with van der Waals surface area (Å²) < 4.78 is 5.53. The molecule has 2 fully saturated rings. The molecule has 108 valence electrons. The average Bonchev–Trinajstić information content (AvgIpc) is 3.01. The maximum atomic E-state index is 12.1. The highest BCUT2D eigenvalue weighted by atomic mass is 16.5. The molecule has 1 aromatic carbocycles. The largest absolute Gasteiger partial charge is 0.484 e. The number of rotatable bonds is 3. The van der Waals surface area contributed by atoms with Gasteiger partial charge in [0.15, 0.2) is 6.61 Å². The van der Waals surface area contributed by atoms with E-state index in [1.807, 2.05) is 36.1 Å². The summed E-state index contributed by atoms with van der Waals surface area (Å²) >= 11 is 0. The molecule has 1 aliphatic heterocycles. The molecule has 0 radical (unpaired) electrons. The number of ether oxygens (including phenoxy) is 1. The first kappa shape index (κ1) is 13.4. The SMILES string of the molecule is Cc1ccc(OCC(=O)N2CC3CCC(O)C3C2)cc1. The molecule has 3 rings (SSSR count). The van der Waals surface area contributed by atoms with Crippen molar-refractivity contribution in [2.45, 2.75) is 25.9 Å². The number of aliphatic hydroxyl groups excluding tert-OH is 1. The molecule has 1 heterocycles. The molecule has 1 saturated carbocycles. The zero-order valence-electron chi connectivity index (χ0n) is 11.8. The number of carbonyl (C=O) groups excluding carboxylic acids is 1. The minimum Gasteiger partial charge on any atom is -0.484 e. The highest BCUT2D eigenvalue weighted by Crippen LogP contribution is 2.38. The Labute approximate surface area is 119 Å². The van der Waals surface area contributed by atoms with Crippen LogP contribution >= 0.6 is 0 Å². The summed E-state index contributed by atoms with van der Waals surface area (Å²) in [6.45, 7) is 3.56. The van der Waals surface area contributed by atoms with E-state index < -0.39 is 0 Å². The number of carbonyl (C=O) groups is 1. The van der Waals surface area contributed by atoms with Crippen molar-refractivity contribution in [1.82, 2.24) is 4.90 Å². The normalized spacial score (nSPS) is 28.5. The first-order valence-corrected chi connectivity index (χ1v) is 7.29.